The highest BCUT2D eigenvalue weighted by atomic mass is 32.1. The minimum absolute atomic E-state index is 0.0786. The van der Waals surface area contributed by atoms with Gasteiger partial charge in [0.25, 0.3) is 5.91 Å². The topological polar surface area (TPSA) is 85.3 Å². The Kier molecular flexibility index (Phi) is 7.93. The number of hydrogen-bond donors (Lipinski definition) is 1. The van der Waals surface area contributed by atoms with Gasteiger partial charge in [-0.15, -0.1) is 11.3 Å². The van der Waals surface area contributed by atoms with E-state index >= 15 is 0 Å². The summed E-state index contributed by atoms with van der Waals surface area (Å²) in [5, 5.41) is 12.5. The minimum atomic E-state index is -0.735. The Hall–Kier alpha value is -2.84. The number of carbonyl (C=O) groups excluding carboxylic acids is 2. The number of benzene rings is 1. The number of methoxy groups -OCH3 is 1. The average Bonchev–Trinajstić information content (AvgIpc) is 3.39. The van der Waals surface area contributed by atoms with E-state index in [-0.39, 0.29) is 17.5 Å². The Labute approximate surface area is 192 Å². The molecule has 2 heterocycles. The highest BCUT2D eigenvalue weighted by Crippen LogP contribution is 2.42. The van der Waals surface area contributed by atoms with Gasteiger partial charge in [-0.1, -0.05) is 12.1 Å². The summed E-state index contributed by atoms with van der Waals surface area (Å²) in [4.78, 5) is 28.3. The van der Waals surface area contributed by atoms with Crippen molar-refractivity contribution in [3.05, 3.63) is 57.5 Å². The van der Waals surface area contributed by atoms with Gasteiger partial charge in [0, 0.05) is 13.2 Å². The summed E-state index contributed by atoms with van der Waals surface area (Å²) in [6, 6.07) is 8.01. The maximum Gasteiger partial charge on any atom is 0.290 e. The first-order valence-electron chi connectivity index (χ1n) is 10.6. The second-order valence-electron chi connectivity index (χ2n) is 7.59. The van der Waals surface area contributed by atoms with Crippen LogP contribution in [0.25, 0.3) is 0 Å². The zero-order valence-electron chi connectivity index (χ0n) is 18.8. The van der Waals surface area contributed by atoms with Gasteiger partial charge in [0.05, 0.1) is 36.3 Å². The molecule has 3 rings (SSSR count). The predicted molar refractivity (Wildman–Crippen MR) is 123 cm³/mol. The minimum Gasteiger partial charge on any atom is -0.503 e. The van der Waals surface area contributed by atoms with Gasteiger partial charge >= 0.3 is 0 Å². The van der Waals surface area contributed by atoms with E-state index in [2.05, 4.69) is 0 Å². The van der Waals surface area contributed by atoms with Gasteiger partial charge in [-0.2, -0.15) is 0 Å². The Morgan fingerprint density at radius 2 is 2.03 bits per heavy atom. The Bertz CT molecular complexity index is 982. The van der Waals surface area contributed by atoms with E-state index in [1.807, 2.05) is 20.8 Å². The normalized spacial score (nSPS) is 16.2. The first kappa shape index (κ1) is 23.8. The van der Waals surface area contributed by atoms with Crippen molar-refractivity contribution in [2.45, 2.75) is 39.3 Å². The molecule has 0 fully saturated rings. The molecule has 1 aromatic heterocycles. The van der Waals surface area contributed by atoms with Crippen molar-refractivity contribution in [2.75, 3.05) is 26.9 Å². The molecule has 1 unspecified atom stereocenters. The summed E-state index contributed by atoms with van der Waals surface area (Å²) in [5.74, 6) is -0.362. The van der Waals surface area contributed by atoms with E-state index in [0.717, 1.165) is 0 Å². The van der Waals surface area contributed by atoms with E-state index in [9.17, 15) is 14.7 Å². The molecule has 0 aliphatic carbocycles. The molecule has 1 amide bonds. The van der Waals surface area contributed by atoms with E-state index < -0.39 is 17.7 Å². The summed E-state index contributed by atoms with van der Waals surface area (Å²) in [5.41, 5.74) is 0.742. The first-order valence-corrected chi connectivity index (χ1v) is 11.5. The molecule has 1 aromatic carbocycles. The lowest BCUT2D eigenvalue weighted by Crippen LogP contribution is -2.32. The summed E-state index contributed by atoms with van der Waals surface area (Å²) in [6.45, 7) is 6.99. The third-order valence-corrected chi connectivity index (χ3v) is 5.96. The molecular formula is C24H29NO6S. The molecule has 0 saturated heterocycles. The van der Waals surface area contributed by atoms with Gasteiger partial charge in [-0.3, -0.25) is 9.59 Å². The Morgan fingerprint density at radius 1 is 1.25 bits per heavy atom. The van der Waals surface area contributed by atoms with Crippen LogP contribution >= 0.6 is 11.3 Å². The fourth-order valence-corrected chi connectivity index (χ4v) is 4.37. The second kappa shape index (κ2) is 10.7. The van der Waals surface area contributed by atoms with Crippen molar-refractivity contribution in [1.82, 2.24) is 4.90 Å². The molecule has 0 bridgehead atoms. The number of ether oxygens (including phenoxy) is 3. The molecule has 7 nitrogen and oxygen atoms in total. The van der Waals surface area contributed by atoms with Gasteiger partial charge < -0.3 is 24.2 Å². The van der Waals surface area contributed by atoms with Crippen LogP contribution in [0.2, 0.25) is 0 Å². The summed E-state index contributed by atoms with van der Waals surface area (Å²) in [7, 11) is 1.55. The van der Waals surface area contributed by atoms with Crippen LogP contribution in [-0.2, 0) is 9.53 Å². The number of hydrogen-bond acceptors (Lipinski definition) is 7. The van der Waals surface area contributed by atoms with Crippen LogP contribution in [0.1, 0.15) is 48.5 Å². The van der Waals surface area contributed by atoms with Gasteiger partial charge in [-0.25, -0.2) is 0 Å². The molecule has 1 N–H and O–H groups in total. The van der Waals surface area contributed by atoms with Gasteiger partial charge in [0.1, 0.15) is 0 Å². The second-order valence-corrected chi connectivity index (χ2v) is 8.53. The molecule has 1 atom stereocenters. The van der Waals surface area contributed by atoms with E-state index in [1.165, 1.54) is 16.2 Å². The maximum atomic E-state index is 13.3. The van der Waals surface area contributed by atoms with Crippen molar-refractivity contribution in [3.8, 4) is 11.5 Å². The lowest BCUT2D eigenvalue weighted by atomic mass is 9.95. The lowest BCUT2D eigenvalue weighted by molar-refractivity contribution is -0.129. The van der Waals surface area contributed by atoms with Crippen molar-refractivity contribution >= 4 is 23.0 Å². The number of aliphatic hydroxyl groups is 1. The molecule has 172 valence electrons. The molecule has 0 radical (unpaired) electrons. The molecule has 32 heavy (non-hydrogen) atoms. The fourth-order valence-electron chi connectivity index (χ4n) is 3.69. The van der Waals surface area contributed by atoms with Gasteiger partial charge in [-0.05, 0) is 56.3 Å². The number of thiophene rings is 1. The Morgan fingerprint density at radius 3 is 2.66 bits per heavy atom. The number of ketones is 1. The van der Waals surface area contributed by atoms with Crippen LogP contribution in [-0.4, -0.2) is 54.7 Å². The van der Waals surface area contributed by atoms with Crippen LogP contribution < -0.4 is 9.47 Å². The zero-order chi connectivity index (χ0) is 23.3. The van der Waals surface area contributed by atoms with Crippen molar-refractivity contribution in [2.24, 2.45) is 0 Å². The highest BCUT2D eigenvalue weighted by Gasteiger charge is 2.44. The fraction of sp³-hybridized carbons (Fsp3) is 0.417. The quantitative estimate of drug-likeness (QED) is 0.392. The lowest BCUT2D eigenvalue weighted by Gasteiger charge is -2.27. The van der Waals surface area contributed by atoms with Crippen molar-refractivity contribution in [3.63, 3.8) is 0 Å². The van der Waals surface area contributed by atoms with Crippen LogP contribution in [0.5, 0.6) is 11.5 Å². The molecular weight excluding hydrogens is 430 g/mol. The standard InChI is InChI=1S/C24H29NO6S/c1-5-30-18-14-16(9-10-17(18)29-4)21-20(22(26)19-8-6-13-32-19)23(27)24(28)25(21)11-7-12-31-15(2)3/h6,8-10,13-15,21,27H,5,7,11-12H2,1-4H3. The molecule has 8 heteroatoms. The number of aliphatic hydroxyl groups excluding tert-OH is 1. The molecule has 2 aromatic rings. The first-order chi connectivity index (χ1) is 15.4. The Balaban J connectivity index is 2.01. The number of carbonyl (C=O) groups is 2. The number of rotatable bonds is 11. The van der Waals surface area contributed by atoms with Crippen LogP contribution in [0.4, 0.5) is 0 Å². The smallest absolute Gasteiger partial charge is 0.290 e. The number of Topliss-reactive ketones (excluding diaryl/α,β-unsaturated/α-hetero) is 1. The largest absolute Gasteiger partial charge is 0.503 e. The molecule has 0 saturated carbocycles. The summed E-state index contributed by atoms with van der Waals surface area (Å²) < 4.78 is 16.7. The summed E-state index contributed by atoms with van der Waals surface area (Å²) >= 11 is 1.27. The zero-order valence-corrected chi connectivity index (χ0v) is 19.6. The predicted octanol–water partition coefficient (Wildman–Crippen LogP) is 4.55. The number of amides is 1. The molecule has 0 spiro atoms. The molecule has 1 aliphatic heterocycles. The van der Waals surface area contributed by atoms with E-state index in [4.69, 9.17) is 14.2 Å². The van der Waals surface area contributed by atoms with Gasteiger partial charge in [0.15, 0.2) is 17.3 Å². The van der Waals surface area contributed by atoms with E-state index in [1.54, 1.807) is 42.8 Å². The van der Waals surface area contributed by atoms with Crippen LogP contribution in [0.15, 0.2) is 47.0 Å². The number of nitrogens with zero attached hydrogens (tertiary/aromatic N) is 1. The average molecular weight is 460 g/mol. The molecule has 1 aliphatic rings. The SMILES string of the molecule is CCOc1cc(C2C(C(=O)c3cccs3)=C(O)C(=O)N2CCCOC(C)C)ccc1OC. The highest BCUT2D eigenvalue weighted by molar-refractivity contribution is 7.12. The maximum absolute atomic E-state index is 13.3. The van der Waals surface area contributed by atoms with Crippen LogP contribution in [0, 0.1) is 0 Å². The van der Waals surface area contributed by atoms with Gasteiger partial charge in [0.2, 0.25) is 5.78 Å². The van der Waals surface area contributed by atoms with E-state index in [0.29, 0.717) is 48.1 Å². The van der Waals surface area contributed by atoms with Crippen molar-refractivity contribution in [1.29, 1.82) is 0 Å². The van der Waals surface area contributed by atoms with Crippen LogP contribution in [0.3, 0.4) is 0 Å². The monoisotopic (exact) mass is 459 g/mol. The summed E-state index contributed by atoms with van der Waals surface area (Å²) in [6.07, 6.45) is 0.653. The third kappa shape index (κ3) is 4.97. The third-order valence-electron chi connectivity index (χ3n) is 5.09. The van der Waals surface area contributed by atoms with Crippen molar-refractivity contribution < 1.29 is 28.9 Å².